The molecule has 3 heteroatoms. The van der Waals surface area contributed by atoms with E-state index >= 15 is 0 Å². The van der Waals surface area contributed by atoms with Crippen molar-refractivity contribution in [2.45, 2.75) is 12.8 Å². The standard InChI is InChI=1S/C10H12N2O/c11-4-3-7-1-2-9-8(5-7)6-10(13)12-9/h1-2,5H,3-4,6,11H2,(H,12,13). The van der Waals surface area contributed by atoms with Crippen molar-refractivity contribution in [2.75, 3.05) is 11.9 Å². The first kappa shape index (κ1) is 8.26. The number of anilines is 1. The molecule has 2 rings (SSSR count). The summed E-state index contributed by atoms with van der Waals surface area (Å²) in [5, 5.41) is 2.80. The highest BCUT2D eigenvalue weighted by Gasteiger charge is 2.16. The molecule has 0 aromatic heterocycles. The minimum atomic E-state index is 0.0832. The topological polar surface area (TPSA) is 55.1 Å². The quantitative estimate of drug-likeness (QED) is 0.696. The summed E-state index contributed by atoms with van der Waals surface area (Å²) in [5.41, 5.74) is 8.70. The zero-order chi connectivity index (χ0) is 9.26. The highest BCUT2D eigenvalue weighted by Crippen LogP contribution is 2.23. The van der Waals surface area contributed by atoms with Crippen LogP contribution in [0.3, 0.4) is 0 Å². The highest BCUT2D eigenvalue weighted by atomic mass is 16.1. The van der Waals surface area contributed by atoms with Gasteiger partial charge in [0, 0.05) is 5.69 Å². The Bertz CT molecular complexity index is 347. The van der Waals surface area contributed by atoms with Gasteiger partial charge in [0.15, 0.2) is 0 Å². The normalized spacial score (nSPS) is 14.1. The third-order valence-corrected chi connectivity index (χ3v) is 2.23. The first-order valence-electron chi connectivity index (χ1n) is 4.41. The Hall–Kier alpha value is -1.35. The molecule has 3 N–H and O–H groups in total. The lowest BCUT2D eigenvalue weighted by Crippen LogP contribution is -2.03. The number of amides is 1. The van der Waals surface area contributed by atoms with Crippen LogP contribution >= 0.6 is 0 Å². The van der Waals surface area contributed by atoms with Crippen LogP contribution in [-0.4, -0.2) is 12.5 Å². The van der Waals surface area contributed by atoms with Gasteiger partial charge in [-0.3, -0.25) is 4.79 Å². The number of benzene rings is 1. The summed E-state index contributed by atoms with van der Waals surface area (Å²) < 4.78 is 0. The second-order valence-corrected chi connectivity index (χ2v) is 3.26. The average molecular weight is 176 g/mol. The summed E-state index contributed by atoms with van der Waals surface area (Å²) >= 11 is 0. The van der Waals surface area contributed by atoms with E-state index in [1.807, 2.05) is 12.1 Å². The van der Waals surface area contributed by atoms with Gasteiger partial charge in [-0.2, -0.15) is 0 Å². The van der Waals surface area contributed by atoms with Crippen LogP contribution in [0.25, 0.3) is 0 Å². The van der Waals surface area contributed by atoms with Crippen LogP contribution in [0.2, 0.25) is 0 Å². The minimum Gasteiger partial charge on any atom is -0.330 e. The summed E-state index contributed by atoms with van der Waals surface area (Å²) in [7, 11) is 0. The van der Waals surface area contributed by atoms with Gasteiger partial charge in [-0.15, -0.1) is 0 Å². The van der Waals surface area contributed by atoms with Crippen LogP contribution in [0.5, 0.6) is 0 Å². The summed E-state index contributed by atoms with van der Waals surface area (Å²) in [6.07, 6.45) is 1.38. The van der Waals surface area contributed by atoms with Crippen molar-refractivity contribution < 1.29 is 4.79 Å². The predicted molar refractivity (Wildman–Crippen MR) is 51.5 cm³/mol. The predicted octanol–water partition coefficient (Wildman–Crippen LogP) is 0.682. The fraction of sp³-hybridized carbons (Fsp3) is 0.300. The van der Waals surface area contributed by atoms with Crippen molar-refractivity contribution in [1.82, 2.24) is 0 Å². The van der Waals surface area contributed by atoms with Gasteiger partial charge in [-0.1, -0.05) is 12.1 Å². The number of carbonyl (C=O) groups excluding carboxylic acids is 1. The molecule has 0 atom stereocenters. The SMILES string of the molecule is NCCc1ccc2c(c1)CC(=O)N2. The largest absolute Gasteiger partial charge is 0.330 e. The van der Waals surface area contributed by atoms with Crippen LogP contribution in [0.15, 0.2) is 18.2 Å². The maximum absolute atomic E-state index is 11.0. The molecule has 0 radical (unpaired) electrons. The van der Waals surface area contributed by atoms with E-state index in [0.29, 0.717) is 13.0 Å². The van der Waals surface area contributed by atoms with Crippen LogP contribution in [-0.2, 0) is 17.6 Å². The molecule has 1 aliphatic heterocycles. The van der Waals surface area contributed by atoms with Crippen molar-refractivity contribution in [2.24, 2.45) is 5.73 Å². The number of carbonyl (C=O) groups is 1. The van der Waals surface area contributed by atoms with Crippen molar-refractivity contribution >= 4 is 11.6 Å². The maximum atomic E-state index is 11.0. The zero-order valence-corrected chi connectivity index (χ0v) is 7.34. The molecule has 0 spiro atoms. The van der Waals surface area contributed by atoms with Crippen LogP contribution in [0.4, 0.5) is 5.69 Å². The lowest BCUT2D eigenvalue weighted by atomic mass is 10.1. The number of hydrogen-bond acceptors (Lipinski definition) is 2. The number of nitrogens with two attached hydrogens (primary N) is 1. The molecule has 0 bridgehead atoms. The Morgan fingerprint density at radius 1 is 1.46 bits per heavy atom. The van der Waals surface area contributed by atoms with Crippen LogP contribution in [0.1, 0.15) is 11.1 Å². The summed E-state index contributed by atoms with van der Waals surface area (Å²) in [4.78, 5) is 11.0. The first-order valence-corrected chi connectivity index (χ1v) is 4.41. The van der Waals surface area contributed by atoms with E-state index in [1.54, 1.807) is 0 Å². The number of rotatable bonds is 2. The number of fused-ring (bicyclic) bond motifs is 1. The van der Waals surface area contributed by atoms with Crippen molar-refractivity contribution in [3.63, 3.8) is 0 Å². The Kier molecular flexibility index (Phi) is 2.02. The molecule has 0 unspecified atom stereocenters. The van der Waals surface area contributed by atoms with Crippen molar-refractivity contribution in [3.8, 4) is 0 Å². The van der Waals surface area contributed by atoms with Crippen molar-refractivity contribution in [3.05, 3.63) is 29.3 Å². The molecule has 68 valence electrons. The molecule has 1 aromatic rings. The highest BCUT2D eigenvalue weighted by molar-refractivity contribution is 5.99. The van der Waals surface area contributed by atoms with Crippen LogP contribution < -0.4 is 11.1 Å². The fourth-order valence-electron chi connectivity index (χ4n) is 1.60. The fourth-order valence-corrected chi connectivity index (χ4v) is 1.60. The Morgan fingerprint density at radius 3 is 3.08 bits per heavy atom. The van der Waals surface area contributed by atoms with Gasteiger partial charge in [0.1, 0.15) is 0 Å². The van der Waals surface area contributed by atoms with Gasteiger partial charge in [0.25, 0.3) is 0 Å². The molecule has 1 heterocycles. The summed E-state index contributed by atoms with van der Waals surface area (Å²) in [5.74, 6) is 0.0832. The molecule has 0 aliphatic carbocycles. The van der Waals surface area contributed by atoms with Gasteiger partial charge in [0.05, 0.1) is 6.42 Å². The van der Waals surface area contributed by atoms with Gasteiger partial charge in [-0.05, 0) is 30.2 Å². The lowest BCUT2D eigenvalue weighted by Gasteiger charge is -2.01. The molecular weight excluding hydrogens is 164 g/mol. The third kappa shape index (κ3) is 1.55. The van der Waals surface area contributed by atoms with Crippen molar-refractivity contribution in [1.29, 1.82) is 0 Å². The van der Waals surface area contributed by atoms with Gasteiger partial charge >= 0.3 is 0 Å². The molecule has 3 nitrogen and oxygen atoms in total. The zero-order valence-electron chi connectivity index (χ0n) is 7.34. The maximum Gasteiger partial charge on any atom is 0.228 e. The second kappa shape index (κ2) is 3.18. The molecule has 1 aliphatic rings. The molecular formula is C10H12N2O. The summed E-state index contributed by atoms with van der Waals surface area (Å²) in [6, 6.07) is 6.02. The number of hydrogen-bond donors (Lipinski definition) is 2. The smallest absolute Gasteiger partial charge is 0.228 e. The van der Waals surface area contributed by atoms with Crippen LogP contribution in [0, 0.1) is 0 Å². The molecule has 1 amide bonds. The van der Waals surface area contributed by atoms with E-state index in [9.17, 15) is 4.79 Å². The lowest BCUT2D eigenvalue weighted by molar-refractivity contribution is -0.115. The Balaban J connectivity index is 2.29. The van der Waals surface area contributed by atoms with E-state index in [2.05, 4.69) is 11.4 Å². The van der Waals surface area contributed by atoms with Gasteiger partial charge in [-0.25, -0.2) is 0 Å². The molecule has 0 saturated carbocycles. The van der Waals surface area contributed by atoms with E-state index in [0.717, 1.165) is 17.7 Å². The Morgan fingerprint density at radius 2 is 2.31 bits per heavy atom. The van der Waals surface area contributed by atoms with E-state index in [1.165, 1.54) is 5.56 Å². The molecule has 0 fully saturated rings. The number of nitrogens with one attached hydrogen (secondary N) is 1. The molecule has 1 aromatic carbocycles. The minimum absolute atomic E-state index is 0.0832. The van der Waals surface area contributed by atoms with Gasteiger partial charge in [0.2, 0.25) is 5.91 Å². The van der Waals surface area contributed by atoms with E-state index < -0.39 is 0 Å². The van der Waals surface area contributed by atoms with E-state index in [4.69, 9.17) is 5.73 Å². The first-order chi connectivity index (χ1) is 6.29. The molecule has 13 heavy (non-hydrogen) atoms. The molecule has 0 saturated heterocycles. The van der Waals surface area contributed by atoms with Gasteiger partial charge < -0.3 is 11.1 Å². The second-order valence-electron chi connectivity index (χ2n) is 3.26. The third-order valence-electron chi connectivity index (χ3n) is 2.23. The summed E-state index contributed by atoms with van der Waals surface area (Å²) in [6.45, 7) is 0.653. The van der Waals surface area contributed by atoms with E-state index in [-0.39, 0.29) is 5.91 Å². The monoisotopic (exact) mass is 176 g/mol. The average Bonchev–Trinajstić information content (AvgIpc) is 2.44. The Labute approximate surface area is 76.9 Å².